The zero-order valence-corrected chi connectivity index (χ0v) is 8.40. The van der Waals surface area contributed by atoms with Gasteiger partial charge < -0.3 is 9.15 Å². The molecule has 0 saturated carbocycles. The minimum Gasteiger partial charge on any atom is -0.466 e. The molecule has 78 valence electrons. The van der Waals surface area contributed by atoms with Crippen molar-refractivity contribution in [1.29, 1.82) is 0 Å². The molecule has 0 spiro atoms. The number of carbonyl (C=O) groups excluding carboxylic acids is 1. The number of hydrogen-bond donors (Lipinski definition) is 0. The first kappa shape index (κ1) is 9.71. The van der Waals surface area contributed by atoms with Crippen LogP contribution in [0.25, 0.3) is 11.1 Å². The van der Waals surface area contributed by atoms with Gasteiger partial charge >= 0.3 is 5.97 Å². The second-order valence-corrected chi connectivity index (χ2v) is 3.10. The van der Waals surface area contributed by atoms with Crippen molar-refractivity contribution in [2.45, 2.75) is 13.3 Å². The summed E-state index contributed by atoms with van der Waals surface area (Å²) in [6.07, 6.45) is 3.43. The van der Waals surface area contributed by atoms with Gasteiger partial charge in [-0.15, -0.1) is 0 Å². The number of nitrogens with zero attached hydrogens (tertiary/aromatic N) is 1. The Kier molecular flexibility index (Phi) is 2.67. The number of carbonyl (C=O) groups is 1. The molecule has 2 rings (SSSR count). The fourth-order valence-electron chi connectivity index (χ4n) is 1.42. The predicted octanol–water partition coefficient (Wildman–Crippen LogP) is 1.93. The Labute approximate surface area is 86.9 Å². The van der Waals surface area contributed by atoms with Gasteiger partial charge in [-0.05, 0) is 19.1 Å². The van der Waals surface area contributed by atoms with Gasteiger partial charge in [-0.1, -0.05) is 0 Å². The number of ether oxygens (including phenoxy) is 1. The van der Waals surface area contributed by atoms with E-state index >= 15 is 0 Å². The maximum absolute atomic E-state index is 11.3. The molecule has 2 aromatic heterocycles. The van der Waals surface area contributed by atoms with Gasteiger partial charge in [0.05, 0.1) is 19.3 Å². The van der Waals surface area contributed by atoms with Gasteiger partial charge in [0.25, 0.3) is 0 Å². The highest BCUT2D eigenvalue weighted by Gasteiger charge is 2.10. The molecule has 0 bridgehead atoms. The first-order chi connectivity index (χ1) is 7.31. The summed E-state index contributed by atoms with van der Waals surface area (Å²) in [7, 11) is 0. The van der Waals surface area contributed by atoms with E-state index in [2.05, 4.69) is 4.98 Å². The highest BCUT2D eigenvalue weighted by atomic mass is 16.5. The van der Waals surface area contributed by atoms with Crippen LogP contribution in [0.15, 0.2) is 29.0 Å². The molecule has 0 aromatic carbocycles. The van der Waals surface area contributed by atoms with Crippen LogP contribution >= 0.6 is 0 Å². The summed E-state index contributed by atoms with van der Waals surface area (Å²) in [5.74, 6) is -0.246. The Morgan fingerprint density at radius 2 is 2.47 bits per heavy atom. The largest absolute Gasteiger partial charge is 0.466 e. The van der Waals surface area contributed by atoms with E-state index in [-0.39, 0.29) is 12.4 Å². The van der Waals surface area contributed by atoms with E-state index in [1.54, 1.807) is 19.4 Å². The highest BCUT2D eigenvalue weighted by molar-refractivity contribution is 5.83. The van der Waals surface area contributed by atoms with Gasteiger partial charge in [-0.2, -0.15) is 0 Å². The molecule has 0 radical (unpaired) electrons. The van der Waals surface area contributed by atoms with Crippen LogP contribution < -0.4 is 0 Å². The van der Waals surface area contributed by atoms with Crippen LogP contribution in [0, 0.1) is 0 Å². The molecule has 0 aliphatic rings. The van der Waals surface area contributed by atoms with Gasteiger partial charge in [-0.3, -0.25) is 4.79 Å². The van der Waals surface area contributed by atoms with Crippen LogP contribution in [0.2, 0.25) is 0 Å². The Bertz CT molecular complexity index is 475. The van der Waals surface area contributed by atoms with Crippen LogP contribution in [0.3, 0.4) is 0 Å². The average Bonchev–Trinajstić information content (AvgIpc) is 2.62. The van der Waals surface area contributed by atoms with Crippen LogP contribution in [-0.4, -0.2) is 17.6 Å². The van der Waals surface area contributed by atoms with Gasteiger partial charge in [0.2, 0.25) is 5.71 Å². The molecule has 4 nitrogen and oxygen atoms in total. The molecule has 2 heterocycles. The van der Waals surface area contributed by atoms with E-state index in [1.807, 2.05) is 12.1 Å². The van der Waals surface area contributed by atoms with Crippen LogP contribution in [0.4, 0.5) is 0 Å². The van der Waals surface area contributed by atoms with Gasteiger partial charge in [0.15, 0.2) is 0 Å². The average molecular weight is 205 g/mol. The summed E-state index contributed by atoms with van der Waals surface area (Å²) in [6.45, 7) is 2.18. The third-order valence-corrected chi connectivity index (χ3v) is 2.07. The molecule has 4 heteroatoms. The predicted molar refractivity (Wildman–Crippen MR) is 54.3 cm³/mol. The standard InChI is InChI=1S/C11H11NO3/c1-2-14-10(13)6-8-7-15-11-9(8)4-3-5-12-11/h3-5,7H,2,6H2,1H3. The molecule has 0 aliphatic heterocycles. The highest BCUT2D eigenvalue weighted by Crippen LogP contribution is 2.19. The van der Waals surface area contributed by atoms with Crippen LogP contribution in [0.1, 0.15) is 12.5 Å². The lowest BCUT2D eigenvalue weighted by atomic mass is 10.1. The first-order valence-electron chi connectivity index (χ1n) is 4.78. The third kappa shape index (κ3) is 1.98. The molecule has 0 N–H and O–H groups in total. The van der Waals surface area contributed by atoms with E-state index in [0.717, 1.165) is 10.9 Å². The number of fused-ring (bicyclic) bond motifs is 1. The number of furan rings is 1. The summed E-state index contributed by atoms with van der Waals surface area (Å²) in [5.41, 5.74) is 1.37. The summed E-state index contributed by atoms with van der Waals surface area (Å²) >= 11 is 0. The van der Waals surface area contributed by atoms with Crippen molar-refractivity contribution in [2.24, 2.45) is 0 Å². The van der Waals surface area contributed by atoms with Crippen molar-refractivity contribution in [3.63, 3.8) is 0 Å². The van der Waals surface area contributed by atoms with Crippen molar-refractivity contribution >= 4 is 17.1 Å². The topological polar surface area (TPSA) is 52.3 Å². The van der Waals surface area contributed by atoms with E-state index in [1.165, 1.54) is 0 Å². The van der Waals surface area contributed by atoms with Gasteiger partial charge in [-0.25, -0.2) is 4.98 Å². The van der Waals surface area contributed by atoms with Gasteiger partial charge in [0, 0.05) is 17.1 Å². The number of rotatable bonds is 3. The van der Waals surface area contributed by atoms with Crippen molar-refractivity contribution in [1.82, 2.24) is 4.98 Å². The molecule has 0 unspecified atom stereocenters. The molecule has 0 fully saturated rings. The fraction of sp³-hybridized carbons (Fsp3) is 0.273. The monoisotopic (exact) mass is 205 g/mol. The quantitative estimate of drug-likeness (QED) is 0.718. The maximum atomic E-state index is 11.3. The summed E-state index contributed by atoms with van der Waals surface area (Å²) in [6, 6.07) is 3.69. The number of hydrogen-bond acceptors (Lipinski definition) is 4. The SMILES string of the molecule is CCOC(=O)Cc1coc2ncccc12. The van der Waals surface area contributed by atoms with Crippen LogP contribution in [0.5, 0.6) is 0 Å². The molecule has 2 aromatic rings. The normalized spacial score (nSPS) is 10.5. The minimum atomic E-state index is -0.246. The molecule has 0 aliphatic carbocycles. The lowest BCUT2D eigenvalue weighted by Crippen LogP contribution is -2.06. The molecule has 0 saturated heterocycles. The van der Waals surface area contributed by atoms with Gasteiger partial charge in [0.1, 0.15) is 0 Å². The number of pyridine rings is 1. The minimum absolute atomic E-state index is 0.229. The van der Waals surface area contributed by atoms with Crippen molar-refractivity contribution in [3.8, 4) is 0 Å². The molecule has 0 amide bonds. The van der Waals surface area contributed by atoms with Crippen molar-refractivity contribution < 1.29 is 13.9 Å². The first-order valence-corrected chi connectivity index (χ1v) is 4.78. The zero-order valence-electron chi connectivity index (χ0n) is 8.40. The van der Waals surface area contributed by atoms with E-state index < -0.39 is 0 Å². The van der Waals surface area contributed by atoms with E-state index in [4.69, 9.17) is 9.15 Å². The Morgan fingerprint density at radius 1 is 1.60 bits per heavy atom. The molecular formula is C11H11NO3. The second kappa shape index (κ2) is 4.13. The zero-order chi connectivity index (χ0) is 10.7. The third-order valence-electron chi connectivity index (χ3n) is 2.07. The maximum Gasteiger partial charge on any atom is 0.310 e. The Hall–Kier alpha value is -1.84. The Morgan fingerprint density at radius 3 is 3.27 bits per heavy atom. The lowest BCUT2D eigenvalue weighted by molar-refractivity contribution is -0.142. The van der Waals surface area contributed by atoms with E-state index in [9.17, 15) is 4.79 Å². The summed E-state index contributed by atoms with van der Waals surface area (Å²) in [4.78, 5) is 15.3. The number of esters is 1. The van der Waals surface area contributed by atoms with Crippen molar-refractivity contribution in [2.75, 3.05) is 6.61 Å². The van der Waals surface area contributed by atoms with Crippen LogP contribution in [-0.2, 0) is 16.0 Å². The fourth-order valence-corrected chi connectivity index (χ4v) is 1.42. The van der Waals surface area contributed by atoms with Crippen molar-refractivity contribution in [3.05, 3.63) is 30.2 Å². The second-order valence-electron chi connectivity index (χ2n) is 3.10. The summed E-state index contributed by atoms with van der Waals surface area (Å²) < 4.78 is 10.1. The summed E-state index contributed by atoms with van der Waals surface area (Å²) in [5, 5.41) is 0.866. The molecule has 15 heavy (non-hydrogen) atoms. The molecule has 0 atom stereocenters. The lowest BCUT2D eigenvalue weighted by Gasteiger charge is -1.98. The Balaban J connectivity index is 2.25. The smallest absolute Gasteiger partial charge is 0.310 e. The molecular weight excluding hydrogens is 194 g/mol. The van der Waals surface area contributed by atoms with E-state index in [0.29, 0.717) is 12.3 Å². The number of aromatic nitrogens is 1.